The van der Waals surface area contributed by atoms with E-state index in [2.05, 4.69) is 15.5 Å². The molecule has 0 radical (unpaired) electrons. The van der Waals surface area contributed by atoms with E-state index in [1.165, 1.54) is 0 Å². The molecule has 2 N–H and O–H groups in total. The first-order valence-corrected chi connectivity index (χ1v) is 6.76. The molecule has 0 aliphatic carbocycles. The van der Waals surface area contributed by atoms with Gasteiger partial charge in [-0.2, -0.15) is 5.10 Å². The normalized spacial score (nSPS) is 10.7. The third kappa shape index (κ3) is 3.08. The zero-order valence-corrected chi connectivity index (χ0v) is 11.8. The highest BCUT2D eigenvalue weighted by molar-refractivity contribution is 5.95. The number of hydrogen-bond donors (Lipinski definition) is 2. The lowest BCUT2D eigenvalue weighted by atomic mass is 10.1. The molecular weight excluding hydrogens is 304 g/mol. The van der Waals surface area contributed by atoms with Crippen LogP contribution in [0.4, 0.5) is 14.5 Å². The number of benzene rings is 2. The van der Waals surface area contributed by atoms with E-state index in [0.717, 1.165) is 12.1 Å². The predicted octanol–water partition coefficient (Wildman–Crippen LogP) is 2.38. The van der Waals surface area contributed by atoms with Crippen molar-refractivity contribution in [2.75, 3.05) is 5.32 Å². The van der Waals surface area contributed by atoms with Crippen molar-refractivity contribution in [1.29, 1.82) is 0 Å². The quantitative estimate of drug-likeness (QED) is 0.779. The summed E-state index contributed by atoms with van der Waals surface area (Å²) in [5, 5.41) is 9.51. The Hall–Kier alpha value is -3.09. The van der Waals surface area contributed by atoms with E-state index in [9.17, 15) is 18.4 Å². The molecule has 1 aromatic heterocycles. The Kier molecular flexibility index (Phi) is 3.84. The summed E-state index contributed by atoms with van der Waals surface area (Å²) in [4.78, 5) is 23.7. The van der Waals surface area contributed by atoms with Crippen LogP contribution in [-0.2, 0) is 11.2 Å². The highest BCUT2D eigenvalue weighted by atomic mass is 19.1. The summed E-state index contributed by atoms with van der Waals surface area (Å²) in [5.41, 5.74) is -0.111. The standard InChI is InChI=1S/C16H11F2N3O2/c17-9-5-6-13(12(18)7-9)19-15(22)8-14-10-3-1-2-4-11(10)16(23)21-20-14/h1-7H,8H2,(H,19,22)(H,21,23). The van der Waals surface area contributed by atoms with Gasteiger partial charge in [0.25, 0.3) is 5.56 Å². The summed E-state index contributed by atoms with van der Waals surface area (Å²) in [5.74, 6) is -2.12. The Bertz CT molecular complexity index is 953. The molecule has 116 valence electrons. The molecule has 1 amide bonds. The van der Waals surface area contributed by atoms with Gasteiger partial charge in [0.2, 0.25) is 5.91 Å². The van der Waals surface area contributed by atoms with Crippen LogP contribution < -0.4 is 10.9 Å². The first kappa shape index (κ1) is 14.8. The monoisotopic (exact) mass is 315 g/mol. The van der Waals surface area contributed by atoms with Crippen molar-refractivity contribution in [3.8, 4) is 0 Å². The molecule has 2 aromatic carbocycles. The molecular formula is C16H11F2N3O2. The van der Waals surface area contributed by atoms with Crippen molar-refractivity contribution in [3.63, 3.8) is 0 Å². The maximum atomic E-state index is 13.5. The van der Waals surface area contributed by atoms with Crippen LogP contribution in [0.5, 0.6) is 0 Å². The molecule has 23 heavy (non-hydrogen) atoms. The highest BCUT2D eigenvalue weighted by Crippen LogP contribution is 2.17. The number of amides is 1. The maximum absolute atomic E-state index is 13.5. The van der Waals surface area contributed by atoms with Crippen molar-refractivity contribution >= 4 is 22.4 Å². The van der Waals surface area contributed by atoms with Gasteiger partial charge in [-0.25, -0.2) is 13.9 Å². The Morgan fingerprint density at radius 1 is 1.13 bits per heavy atom. The molecule has 0 atom stereocenters. The largest absolute Gasteiger partial charge is 0.323 e. The highest BCUT2D eigenvalue weighted by Gasteiger charge is 2.12. The van der Waals surface area contributed by atoms with Gasteiger partial charge in [0.15, 0.2) is 0 Å². The fraction of sp³-hybridized carbons (Fsp3) is 0.0625. The molecule has 0 aliphatic rings. The number of nitrogens with zero attached hydrogens (tertiary/aromatic N) is 1. The lowest BCUT2D eigenvalue weighted by molar-refractivity contribution is -0.115. The average Bonchev–Trinajstić information content (AvgIpc) is 2.53. The molecule has 0 unspecified atom stereocenters. The molecule has 0 aliphatic heterocycles. The Balaban J connectivity index is 1.86. The van der Waals surface area contributed by atoms with Crippen LogP contribution >= 0.6 is 0 Å². The number of aromatic nitrogens is 2. The fourth-order valence-corrected chi connectivity index (χ4v) is 2.24. The summed E-state index contributed by atoms with van der Waals surface area (Å²) in [7, 11) is 0. The van der Waals surface area contributed by atoms with Crippen LogP contribution in [0.3, 0.4) is 0 Å². The number of anilines is 1. The minimum atomic E-state index is -0.863. The number of H-pyrrole nitrogens is 1. The van der Waals surface area contributed by atoms with Crippen LogP contribution in [0.25, 0.3) is 10.8 Å². The number of carbonyl (C=O) groups is 1. The second-order valence-electron chi connectivity index (χ2n) is 4.89. The van der Waals surface area contributed by atoms with Crippen molar-refractivity contribution in [3.05, 3.63) is 70.1 Å². The molecule has 0 saturated carbocycles. The van der Waals surface area contributed by atoms with Gasteiger partial charge in [0, 0.05) is 11.5 Å². The van der Waals surface area contributed by atoms with Crippen LogP contribution in [0.1, 0.15) is 5.69 Å². The predicted molar refractivity (Wildman–Crippen MR) is 81.1 cm³/mol. The Morgan fingerprint density at radius 2 is 1.87 bits per heavy atom. The van der Waals surface area contributed by atoms with Gasteiger partial charge in [0.05, 0.1) is 23.2 Å². The topological polar surface area (TPSA) is 74.8 Å². The summed E-state index contributed by atoms with van der Waals surface area (Å²) < 4.78 is 26.4. The van der Waals surface area contributed by atoms with Gasteiger partial charge in [-0.1, -0.05) is 18.2 Å². The number of rotatable bonds is 3. The van der Waals surface area contributed by atoms with E-state index < -0.39 is 17.5 Å². The van der Waals surface area contributed by atoms with Crippen LogP contribution in [-0.4, -0.2) is 16.1 Å². The van der Waals surface area contributed by atoms with Crippen molar-refractivity contribution in [1.82, 2.24) is 10.2 Å². The lowest BCUT2D eigenvalue weighted by Crippen LogP contribution is -2.19. The molecule has 3 aromatic rings. The molecule has 0 spiro atoms. The van der Waals surface area contributed by atoms with Gasteiger partial charge >= 0.3 is 0 Å². The second kappa shape index (κ2) is 5.96. The number of hydrogen-bond acceptors (Lipinski definition) is 3. The molecule has 5 nitrogen and oxygen atoms in total. The minimum Gasteiger partial charge on any atom is -0.323 e. The Labute approximate surface area is 129 Å². The SMILES string of the molecule is O=C(Cc1n[nH]c(=O)c2ccccc12)Nc1ccc(F)cc1F. The molecule has 0 fully saturated rings. The van der Waals surface area contributed by atoms with E-state index in [4.69, 9.17) is 0 Å². The van der Waals surface area contributed by atoms with Crippen LogP contribution in [0, 0.1) is 11.6 Å². The molecule has 7 heteroatoms. The van der Waals surface area contributed by atoms with E-state index >= 15 is 0 Å². The molecule has 0 saturated heterocycles. The Morgan fingerprint density at radius 3 is 2.61 bits per heavy atom. The van der Waals surface area contributed by atoms with E-state index in [0.29, 0.717) is 22.5 Å². The summed E-state index contributed by atoms with van der Waals surface area (Å²) in [6.45, 7) is 0. The molecule has 1 heterocycles. The van der Waals surface area contributed by atoms with E-state index in [-0.39, 0.29) is 17.7 Å². The smallest absolute Gasteiger partial charge is 0.272 e. The van der Waals surface area contributed by atoms with E-state index in [1.807, 2.05) is 0 Å². The first-order chi connectivity index (χ1) is 11.0. The zero-order chi connectivity index (χ0) is 16.4. The number of nitrogens with one attached hydrogen (secondary N) is 2. The third-order valence-electron chi connectivity index (χ3n) is 3.31. The van der Waals surface area contributed by atoms with E-state index in [1.54, 1.807) is 24.3 Å². The lowest BCUT2D eigenvalue weighted by Gasteiger charge is -2.07. The number of aromatic amines is 1. The van der Waals surface area contributed by atoms with Crippen LogP contribution in [0.15, 0.2) is 47.3 Å². The van der Waals surface area contributed by atoms with Gasteiger partial charge < -0.3 is 5.32 Å². The second-order valence-corrected chi connectivity index (χ2v) is 4.89. The fourth-order valence-electron chi connectivity index (χ4n) is 2.24. The van der Waals surface area contributed by atoms with Gasteiger partial charge in [-0.3, -0.25) is 9.59 Å². The number of fused-ring (bicyclic) bond motifs is 1. The summed E-state index contributed by atoms with van der Waals surface area (Å²) in [6.07, 6.45) is -0.159. The minimum absolute atomic E-state index is 0.120. The third-order valence-corrected chi connectivity index (χ3v) is 3.31. The zero-order valence-electron chi connectivity index (χ0n) is 11.8. The van der Waals surface area contributed by atoms with Gasteiger partial charge in [-0.15, -0.1) is 0 Å². The van der Waals surface area contributed by atoms with Gasteiger partial charge in [0.1, 0.15) is 11.6 Å². The number of halogens is 2. The molecule has 3 rings (SSSR count). The average molecular weight is 315 g/mol. The maximum Gasteiger partial charge on any atom is 0.272 e. The van der Waals surface area contributed by atoms with Crippen molar-refractivity contribution < 1.29 is 13.6 Å². The summed E-state index contributed by atoms with van der Waals surface area (Å²) >= 11 is 0. The van der Waals surface area contributed by atoms with Crippen molar-refractivity contribution in [2.24, 2.45) is 0 Å². The van der Waals surface area contributed by atoms with Gasteiger partial charge in [-0.05, 0) is 18.2 Å². The van der Waals surface area contributed by atoms with Crippen LogP contribution in [0.2, 0.25) is 0 Å². The summed E-state index contributed by atoms with van der Waals surface area (Å²) in [6, 6.07) is 9.60. The van der Waals surface area contributed by atoms with Crippen molar-refractivity contribution in [2.45, 2.75) is 6.42 Å². The number of carbonyl (C=O) groups excluding carboxylic acids is 1. The first-order valence-electron chi connectivity index (χ1n) is 6.76. The molecule has 0 bridgehead atoms.